The highest BCUT2D eigenvalue weighted by molar-refractivity contribution is 6.05. The molecule has 10 heteroatoms. The van der Waals surface area contributed by atoms with Crippen molar-refractivity contribution in [2.45, 2.75) is 20.5 Å². The Labute approximate surface area is 235 Å². The third kappa shape index (κ3) is 5.64. The molecule has 0 spiro atoms. The Kier molecular flexibility index (Phi) is 7.75. The van der Waals surface area contributed by atoms with Crippen LogP contribution in [0.5, 0.6) is 17.4 Å². The van der Waals surface area contributed by atoms with Crippen LogP contribution in [0, 0.1) is 19.7 Å². The zero-order valence-electron chi connectivity index (χ0n) is 22.9. The molecule has 9 nitrogen and oxygen atoms in total. The van der Waals surface area contributed by atoms with E-state index in [1.807, 2.05) is 0 Å². The van der Waals surface area contributed by atoms with Crippen molar-refractivity contribution < 1.29 is 23.4 Å². The minimum atomic E-state index is -0.607. The van der Waals surface area contributed by atoms with Gasteiger partial charge in [0.1, 0.15) is 22.6 Å². The monoisotopic (exact) mass is 554 g/mol. The first-order valence-electron chi connectivity index (χ1n) is 12.7. The number of rotatable bonds is 8. The van der Waals surface area contributed by atoms with Crippen molar-refractivity contribution in [1.29, 1.82) is 0 Å². The average molecular weight is 555 g/mol. The van der Waals surface area contributed by atoms with Crippen molar-refractivity contribution in [1.82, 2.24) is 15.0 Å². The number of carbonyl (C=O) groups excluding carboxylic acids is 1. The Morgan fingerprint density at radius 2 is 1.80 bits per heavy atom. The molecule has 0 fully saturated rings. The van der Waals surface area contributed by atoms with Gasteiger partial charge in [0, 0.05) is 42.4 Å². The summed E-state index contributed by atoms with van der Waals surface area (Å²) in [5.74, 6) is 0.413. The van der Waals surface area contributed by atoms with Crippen molar-refractivity contribution in [3.8, 4) is 28.5 Å². The van der Waals surface area contributed by atoms with Gasteiger partial charge in [-0.2, -0.15) is 0 Å². The van der Waals surface area contributed by atoms with Crippen LogP contribution >= 0.6 is 0 Å². The molecule has 0 aliphatic heterocycles. The number of benzene rings is 2. The van der Waals surface area contributed by atoms with Gasteiger partial charge in [-0.1, -0.05) is 6.07 Å². The van der Waals surface area contributed by atoms with Gasteiger partial charge in [0.05, 0.1) is 24.9 Å². The highest BCUT2D eigenvalue weighted by Gasteiger charge is 2.23. The van der Waals surface area contributed by atoms with Gasteiger partial charge in [-0.3, -0.25) is 14.6 Å². The first-order valence-corrected chi connectivity index (χ1v) is 12.7. The molecule has 41 heavy (non-hydrogen) atoms. The number of methoxy groups -OCH3 is 2. The summed E-state index contributed by atoms with van der Waals surface area (Å²) < 4.78 is 30.2. The number of pyridine rings is 3. The summed E-state index contributed by atoms with van der Waals surface area (Å²) in [5.41, 5.74) is 3.38. The van der Waals surface area contributed by atoms with Crippen LogP contribution in [0.15, 0.2) is 71.7 Å². The lowest BCUT2D eigenvalue weighted by Gasteiger charge is -2.15. The second-order valence-electron chi connectivity index (χ2n) is 9.31. The number of carbonyl (C=O) groups is 1. The molecule has 0 saturated carbocycles. The largest absolute Gasteiger partial charge is 0.481 e. The lowest BCUT2D eigenvalue weighted by Crippen LogP contribution is -2.27. The van der Waals surface area contributed by atoms with Gasteiger partial charge in [-0.25, -0.2) is 9.37 Å². The first-order chi connectivity index (χ1) is 19.8. The Bertz CT molecular complexity index is 1820. The molecule has 5 aromatic rings. The van der Waals surface area contributed by atoms with Crippen LogP contribution in [-0.2, 0) is 11.3 Å². The van der Waals surface area contributed by atoms with Crippen LogP contribution in [0.4, 0.5) is 10.1 Å². The van der Waals surface area contributed by atoms with Crippen LogP contribution in [-0.4, -0.2) is 35.1 Å². The Balaban J connectivity index is 1.43. The van der Waals surface area contributed by atoms with E-state index < -0.39 is 17.2 Å². The van der Waals surface area contributed by atoms with Crippen molar-refractivity contribution in [2.24, 2.45) is 0 Å². The molecular weight excluding hydrogens is 527 g/mol. The van der Waals surface area contributed by atoms with Crippen LogP contribution < -0.4 is 20.2 Å². The van der Waals surface area contributed by atoms with E-state index in [-0.39, 0.29) is 12.2 Å². The lowest BCUT2D eigenvalue weighted by atomic mass is 9.96. The van der Waals surface area contributed by atoms with Crippen molar-refractivity contribution >= 4 is 22.6 Å². The predicted molar refractivity (Wildman–Crippen MR) is 153 cm³/mol. The highest BCUT2D eigenvalue weighted by Crippen LogP contribution is 2.30. The van der Waals surface area contributed by atoms with Crippen LogP contribution in [0.2, 0.25) is 0 Å². The number of amides is 1. The summed E-state index contributed by atoms with van der Waals surface area (Å²) in [6.45, 7) is 3.47. The molecule has 0 bridgehead atoms. The third-order valence-corrected chi connectivity index (χ3v) is 6.51. The molecular formula is C31H27FN4O5. The van der Waals surface area contributed by atoms with E-state index in [0.29, 0.717) is 62.2 Å². The number of anilines is 1. The topological polar surface area (TPSA) is 115 Å². The van der Waals surface area contributed by atoms with Crippen LogP contribution in [0.3, 0.4) is 0 Å². The smallest absolute Gasteiger partial charge is 0.261 e. The normalized spacial score (nSPS) is 11.0. The fraction of sp³-hybridized carbons (Fsp3) is 0.161. The fourth-order valence-electron chi connectivity index (χ4n) is 4.61. The lowest BCUT2D eigenvalue weighted by molar-refractivity contribution is 0.101. The van der Waals surface area contributed by atoms with Crippen LogP contribution in [0.1, 0.15) is 27.3 Å². The maximum Gasteiger partial charge on any atom is 0.261 e. The summed E-state index contributed by atoms with van der Waals surface area (Å²) in [6.07, 6.45) is 1.62. The molecule has 2 N–H and O–H groups in total. The van der Waals surface area contributed by atoms with Gasteiger partial charge in [-0.05, 0) is 67.4 Å². The maximum atomic E-state index is 13.7. The maximum absolute atomic E-state index is 13.7. The molecule has 0 atom stereocenters. The highest BCUT2D eigenvalue weighted by atomic mass is 19.1. The van der Waals surface area contributed by atoms with Crippen molar-refractivity contribution in [3.63, 3.8) is 0 Å². The third-order valence-electron chi connectivity index (χ3n) is 6.51. The summed E-state index contributed by atoms with van der Waals surface area (Å²) in [5, 5.41) is 2.79. The second kappa shape index (κ2) is 11.6. The quantitative estimate of drug-likeness (QED) is 0.244. The number of aromatic amines is 1. The van der Waals surface area contributed by atoms with E-state index in [1.54, 1.807) is 62.5 Å². The molecule has 0 unspecified atom stereocenters. The number of ether oxygens (including phenoxy) is 3. The molecule has 0 aliphatic rings. The molecule has 2 aromatic carbocycles. The Morgan fingerprint density at radius 1 is 1.02 bits per heavy atom. The van der Waals surface area contributed by atoms with E-state index in [0.717, 1.165) is 0 Å². The standard InChI is InChI=1S/C31H27FN4O5/c1-17-15-19(32)5-10-22(17)27-18(2)34-24(16-39-3)28(30(27)37)31(38)35-20-6-8-21(9-7-20)41-25-13-14-33-23-11-12-26(40-4)36-29(23)25/h5-15H,16H2,1-4H3,(H,34,37)(H,35,38). The molecule has 1 amide bonds. The molecule has 3 aromatic heterocycles. The molecule has 0 saturated heterocycles. The van der Waals surface area contributed by atoms with Gasteiger partial charge in [-0.15, -0.1) is 0 Å². The summed E-state index contributed by atoms with van der Waals surface area (Å²) in [4.78, 5) is 39.0. The van der Waals surface area contributed by atoms with Gasteiger partial charge < -0.3 is 24.5 Å². The Morgan fingerprint density at radius 3 is 2.51 bits per heavy atom. The fourth-order valence-corrected chi connectivity index (χ4v) is 4.61. The number of aromatic nitrogens is 3. The number of hydrogen-bond acceptors (Lipinski definition) is 7. The number of hydrogen-bond donors (Lipinski definition) is 2. The number of nitrogens with one attached hydrogen (secondary N) is 2. The number of H-pyrrole nitrogens is 1. The summed E-state index contributed by atoms with van der Waals surface area (Å²) >= 11 is 0. The van der Waals surface area contributed by atoms with E-state index in [9.17, 15) is 14.0 Å². The second-order valence-corrected chi connectivity index (χ2v) is 9.31. The zero-order chi connectivity index (χ0) is 29.1. The molecule has 0 radical (unpaired) electrons. The SMILES string of the molecule is COCc1[nH]c(C)c(-c2ccc(F)cc2C)c(=O)c1C(=O)Nc1ccc(Oc2ccnc3ccc(OC)nc23)cc1. The molecule has 5 rings (SSSR count). The van der Waals surface area contributed by atoms with Crippen molar-refractivity contribution in [2.75, 3.05) is 19.5 Å². The summed E-state index contributed by atoms with van der Waals surface area (Å²) in [6, 6.07) is 16.1. The minimum Gasteiger partial charge on any atom is -0.481 e. The molecule has 0 aliphatic carbocycles. The van der Waals surface area contributed by atoms with E-state index in [4.69, 9.17) is 14.2 Å². The Hall–Kier alpha value is -5.09. The number of aryl methyl sites for hydroxylation is 2. The van der Waals surface area contributed by atoms with Crippen molar-refractivity contribution in [3.05, 3.63) is 105 Å². The van der Waals surface area contributed by atoms with Crippen LogP contribution in [0.25, 0.3) is 22.2 Å². The first kappa shape index (κ1) is 27.5. The predicted octanol–water partition coefficient (Wildman–Crippen LogP) is 5.94. The number of nitrogens with zero attached hydrogens (tertiary/aromatic N) is 2. The van der Waals surface area contributed by atoms with E-state index in [2.05, 4.69) is 20.3 Å². The van der Waals surface area contributed by atoms with Gasteiger partial charge in [0.2, 0.25) is 11.3 Å². The zero-order valence-corrected chi connectivity index (χ0v) is 22.9. The average Bonchev–Trinajstić information content (AvgIpc) is 2.95. The van der Waals surface area contributed by atoms with Gasteiger partial charge in [0.15, 0.2) is 5.75 Å². The van der Waals surface area contributed by atoms with Gasteiger partial charge >= 0.3 is 0 Å². The minimum absolute atomic E-state index is 0.0208. The van der Waals surface area contributed by atoms with E-state index in [1.165, 1.54) is 32.4 Å². The molecule has 3 heterocycles. The summed E-state index contributed by atoms with van der Waals surface area (Å²) in [7, 11) is 3.01. The van der Waals surface area contributed by atoms with E-state index >= 15 is 0 Å². The molecule has 208 valence electrons. The number of halogens is 1. The number of fused-ring (bicyclic) bond motifs is 1. The van der Waals surface area contributed by atoms with Gasteiger partial charge in [0.25, 0.3) is 5.91 Å².